The number of anilines is 1. The van der Waals surface area contributed by atoms with Crippen molar-refractivity contribution in [3.63, 3.8) is 0 Å². The molecule has 0 saturated heterocycles. The molecule has 0 fully saturated rings. The van der Waals surface area contributed by atoms with Gasteiger partial charge < -0.3 is 15.1 Å². The summed E-state index contributed by atoms with van der Waals surface area (Å²) >= 11 is 6.03. The first-order valence-corrected chi connectivity index (χ1v) is 9.16. The summed E-state index contributed by atoms with van der Waals surface area (Å²) in [5, 5.41) is 4.21. The molecular formula is C20H24ClN3O. The van der Waals surface area contributed by atoms with Gasteiger partial charge in [-0.3, -0.25) is 4.79 Å². The van der Waals surface area contributed by atoms with Crippen LogP contribution in [0, 0.1) is 0 Å². The third-order valence-corrected chi connectivity index (χ3v) is 5.01. The molecule has 0 aliphatic carbocycles. The van der Waals surface area contributed by atoms with E-state index < -0.39 is 0 Å². The van der Waals surface area contributed by atoms with Gasteiger partial charge in [0.15, 0.2) is 0 Å². The zero-order chi connectivity index (χ0) is 17.8. The van der Waals surface area contributed by atoms with Gasteiger partial charge in [0, 0.05) is 23.8 Å². The summed E-state index contributed by atoms with van der Waals surface area (Å²) in [5.41, 5.74) is 2.64. The van der Waals surface area contributed by atoms with Gasteiger partial charge in [0.1, 0.15) is 6.17 Å². The lowest BCUT2D eigenvalue weighted by Crippen LogP contribution is -2.46. The van der Waals surface area contributed by atoms with Crippen LogP contribution in [-0.4, -0.2) is 41.9 Å². The van der Waals surface area contributed by atoms with Gasteiger partial charge in [-0.1, -0.05) is 49.7 Å². The van der Waals surface area contributed by atoms with Crippen LogP contribution >= 0.6 is 11.6 Å². The van der Waals surface area contributed by atoms with Crippen molar-refractivity contribution in [1.29, 1.82) is 0 Å². The van der Waals surface area contributed by atoms with Crippen LogP contribution in [0.4, 0.5) is 5.69 Å². The van der Waals surface area contributed by atoms with Gasteiger partial charge in [-0.2, -0.15) is 0 Å². The van der Waals surface area contributed by atoms with Gasteiger partial charge in [-0.15, -0.1) is 0 Å². The van der Waals surface area contributed by atoms with Gasteiger partial charge in [-0.25, -0.2) is 0 Å². The van der Waals surface area contributed by atoms with E-state index in [4.69, 9.17) is 11.6 Å². The maximum atomic E-state index is 13.1. The van der Waals surface area contributed by atoms with Crippen molar-refractivity contribution >= 4 is 23.2 Å². The summed E-state index contributed by atoms with van der Waals surface area (Å²) in [6.45, 7) is 7.78. The number of hydrogen-bond acceptors (Lipinski definition) is 3. The van der Waals surface area contributed by atoms with E-state index in [-0.39, 0.29) is 12.1 Å². The highest BCUT2D eigenvalue weighted by Crippen LogP contribution is 2.33. The molecule has 3 rings (SSSR count). The summed E-state index contributed by atoms with van der Waals surface area (Å²) in [6, 6.07) is 15.4. The topological polar surface area (TPSA) is 35.6 Å². The Morgan fingerprint density at radius 3 is 2.44 bits per heavy atom. The lowest BCUT2D eigenvalue weighted by atomic mass is 10.0. The lowest BCUT2D eigenvalue weighted by Gasteiger charge is -2.39. The van der Waals surface area contributed by atoms with Crippen molar-refractivity contribution in [2.24, 2.45) is 0 Å². The number of carbonyl (C=O) groups excluding carboxylic acids is 1. The van der Waals surface area contributed by atoms with E-state index >= 15 is 0 Å². The highest BCUT2D eigenvalue weighted by Gasteiger charge is 2.32. The Morgan fingerprint density at radius 2 is 1.76 bits per heavy atom. The molecule has 2 aromatic carbocycles. The Kier molecular flexibility index (Phi) is 5.61. The molecular weight excluding hydrogens is 334 g/mol. The molecule has 0 spiro atoms. The summed E-state index contributed by atoms with van der Waals surface area (Å²) < 4.78 is 0. The summed E-state index contributed by atoms with van der Waals surface area (Å²) in [4.78, 5) is 17.3. The van der Waals surface area contributed by atoms with Gasteiger partial charge in [0.2, 0.25) is 0 Å². The molecule has 25 heavy (non-hydrogen) atoms. The number of halogens is 1. The summed E-state index contributed by atoms with van der Waals surface area (Å²) in [5.74, 6) is 0.0708. The minimum absolute atomic E-state index is 0.0708. The molecule has 1 heterocycles. The van der Waals surface area contributed by atoms with Crippen molar-refractivity contribution in [1.82, 2.24) is 9.80 Å². The quantitative estimate of drug-likeness (QED) is 0.839. The molecule has 1 atom stereocenters. The standard InChI is InChI=1S/C20H24ClN3O/c1-3-23(4-2)13-14-24-19(15-9-11-16(21)12-10-15)22-18-8-6-5-7-17(18)20(24)25/h5-12,19,22H,3-4,13-14H2,1-2H3/t19-/m1/s1. The molecule has 0 unspecified atom stereocenters. The predicted octanol–water partition coefficient (Wildman–Crippen LogP) is 4.25. The SMILES string of the molecule is CCN(CC)CCN1C(=O)c2ccccc2N[C@H]1c1ccc(Cl)cc1. The number of carbonyl (C=O) groups is 1. The van der Waals surface area contributed by atoms with Crippen LogP contribution in [0.1, 0.15) is 35.9 Å². The van der Waals surface area contributed by atoms with E-state index in [0.717, 1.165) is 36.4 Å². The zero-order valence-electron chi connectivity index (χ0n) is 14.7. The fourth-order valence-corrected chi connectivity index (χ4v) is 3.35. The fraction of sp³-hybridized carbons (Fsp3) is 0.350. The van der Waals surface area contributed by atoms with Crippen LogP contribution in [0.25, 0.3) is 0 Å². The molecule has 4 nitrogen and oxygen atoms in total. The Labute approximate surface area is 154 Å². The van der Waals surface area contributed by atoms with Crippen LogP contribution in [0.3, 0.4) is 0 Å². The second-order valence-corrected chi connectivity index (χ2v) is 6.61. The molecule has 5 heteroatoms. The molecule has 1 N–H and O–H groups in total. The third-order valence-electron chi connectivity index (χ3n) is 4.76. The smallest absolute Gasteiger partial charge is 0.257 e. The number of nitrogens with one attached hydrogen (secondary N) is 1. The van der Waals surface area contributed by atoms with Crippen molar-refractivity contribution < 1.29 is 4.79 Å². The second kappa shape index (κ2) is 7.89. The van der Waals surface area contributed by atoms with Crippen LogP contribution in [-0.2, 0) is 0 Å². The largest absolute Gasteiger partial charge is 0.361 e. The van der Waals surface area contributed by atoms with Gasteiger partial charge in [0.25, 0.3) is 5.91 Å². The van der Waals surface area contributed by atoms with Gasteiger partial charge in [0.05, 0.1) is 5.56 Å². The maximum Gasteiger partial charge on any atom is 0.257 e. The first-order valence-electron chi connectivity index (χ1n) is 8.78. The number of nitrogens with zero attached hydrogens (tertiary/aromatic N) is 2. The molecule has 132 valence electrons. The molecule has 1 amide bonds. The van der Waals surface area contributed by atoms with Gasteiger partial charge in [-0.05, 0) is 42.9 Å². The second-order valence-electron chi connectivity index (χ2n) is 6.17. The molecule has 0 aromatic heterocycles. The van der Waals surface area contributed by atoms with Crippen molar-refractivity contribution in [2.75, 3.05) is 31.5 Å². The van der Waals surface area contributed by atoms with E-state index in [0.29, 0.717) is 11.6 Å². The Morgan fingerprint density at radius 1 is 1.08 bits per heavy atom. The molecule has 0 radical (unpaired) electrons. The molecule has 0 bridgehead atoms. The minimum Gasteiger partial charge on any atom is -0.361 e. The molecule has 2 aromatic rings. The van der Waals surface area contributed by atoms with E-state index in [1.54, 1.807) is 0 Å². The molecule has 0 saturated carbocycles. The molecule has 1 aliphatic heterocycles. The molecule has 1 aliphatic rings. The first-order chi connectivity index (χ1) is 12.1. The van der Waals surface area contributed by atoms with Crippen LogP contribution < -0.4 is 5.32 Å². The zero-order valence-corrected chi connectivity index (χ0v) is 15.5. The van der Waals surface area contributed by atoms with Crippen LogP contribution in [0.5, 0.6) is 0 Å². The number of amides is 1. The Bertz CT molecular complexity index is 728. The monoisotopic (exact) mass is 357 g/mol. The number of fused-ring (bicyclic) bond motifs is 1. The highest BCUT2D eigenvalue weighted by molar-refractivity contribution is 6.30. The predicted molar refractivity (Wildman–Crippen MR) is 103 cm³/mol. The van der Waals surface area contributed by atoms with E-state index in [1.807, 2.05) is 53.4 Å². The number of likely N-dealkylation sites (N-methyl/N-ethyl adjacent to an activating group) is 1. The van der Waals surface area contributed by atoms with Crippen molar-refractivity contribution in [3.05, 3.63) is 64.7 Å². The van der Waals surface area contributed by atoms with Gasteiger partial charge >= 0.3 is 0 Å². The maximum absolute atomic E-state index is 13.1. The van der Waals surface area contributed by atoms with Crippen molar-refractivity contribution in [3.8, 4) is 0 Å². The first kappa shape index (κ1) is 17.8. The van der Waals surface area contributed by atoms with E-state index in [9.17, 15) is 4.79 Å². The highest BCUT2D eigenvalue weighted by atomic mass is 35.5. The normalized spacial score (nSPS) is 16.7. The third kappa shape index (κ3) is 3.80. The lowest BCUT2D eigenvalue weighted by molar-refractivity contribution is 0.0660. The van der Waals surface area contributed by atoms with E-state index in [1.165, 1.54) is 0 Å². The van der Waals surface area contributed by atoms with Crippen molar-refractivity contribution in [2.45, 2.75) is 20.0 Å². The minimum atomic E-state index is -0.185. The fourth-order valence-electron chi connectivity index (χ4n) is 3.22. The van der Waals surface area contributed by atoms with E-state index in [2.05, 4.69) is 24.1 Å². The Hall–Kier alpha value is -2.04. The summed E-state index contributed by atoms with van der Waals surface area (Å²) in [6.07, 6.45) is -0.185. The number of hydrogen-bond donors (Lipinski definition) is 1. The average molecular weight is 358 g/mol. The number of para-hydroxylation sites is 1. The number of rotatable bonds is 6. The average Bonchev–Trinajstić information content (AvgIpc) is 2.64. The summed E-state index contributed by atoms with van der Waals surface area (Å²) in [7, 11) is 0. The van der Waals surface area contributed by atoms with Crippen LogP contribution in [0.2, 0.25) is 5.02 Å². The number of benzene rings is 2. The Balaban J connectivity index is 1.91. The van der Waals surface area contributed by atoms with Crippen LogP contribution in [0.15, 0.2) is 48.5 Å².